The normalized spacial score (nSPS) is 42.7. The standard InChI is InChI=1S/C7H10O3/c1-4(8)9-5-2-3-6-7(5)10-6/h5-7H,2-3H2,1H3/t5-,6-,7+/m0/s1. The molecule has 0 aromatic rings. The first-order valence-electron chi connectivity index (χ1n) is 3.60. The molecule has 0 spiro atoms. The van der Waals surface area contributed by atoms with Crippen molar-refractivity contribution in [3.63, 3.8) is 0 Å². The lowest BCUT2D eigenvalue weighted by atomic mass is 10.3. The zero-order chi connectivity index (χ0) is 7.14. The van der Waals surface area contributed by atoms with Crippen LogP contribution in [0, 0.1) is 0 Å². The third-order valence-electron chi connectivity index (χ3n) is 2.04. The number of carbonyl (C=O) groups excluding carboxylic acids is 1. The van der Waals surface area contributed by atoms with E-state index in [1.807, 2.05) is 0 Å². The van der Waals surface area contributed by atoms with Crippen LogP contribution in [0.3, 0.4) is 0 Å². The molecular weight excluding hydrogens is 132 g/mol. The maximum atomic E-state index is 10.5. The largest absolute Gasteiger partial charge is 0.460 e. The molecule has 1 saturated carbocycles. The Bertz CT molecular complexity index is 166. The van der Waals surface area contributed by atoms with Gasteiger partial charge in [0.2, 0.25) is 0 Å². The van der Waals surface area contributed by atoms with Gasteiger partial charge in [0.25, 0.3) is 0 Å². The Kier molecular flexibility index (Phi) is 1.20. The highest BCUT2D eigenvalue weighted by atomic mass is 16.6. The van der Waals surface area contributed by atoms with Gasteiger partial charge in [-0.1, -0.05) is 0 Å². The van der Waals surface area contributed by atoms with Crippen LogP contribution in [0.5, 0.6) is 0 Å². The van der Waals surface area contributed by atoms with Crippen molar-refractivity contribution in [3.05, 3.63) is 0 Å². The van der Waals surface area contributed by atoms with E-state index in [1.165, 1.54) is 6.92 Å². The van der Waals surface area contributed by atoms with E-state index >= 15 is 0 Å². The minimum absolute atomic E-state index is 0.0579. The summed E-state index contributed by atoms with van der Waals surface area (Å²) < 4.78 is 10.2. The summed E-state index contributed by atoms with van der Waals surface area (Å²) >= 11 is 0. The van der Waals surface area contributed by atoms with Crippen molar-refractivity contribution in [2.75, 3.05) is 0 Å². The third-order valence-corrected chi connectivity index (χ3v) is 2.04. The van der Waals surface area contributed by atoms with Gasteiger partial charge in [0, 0.05) is 6.92 Å². The lowest BCUT2D eigenvalue weighted by Crippen LogP contribution is -2.18. The molecule has 0 unspecified atom stereocenters. The van der Waals surface area contributed by atoms with Crippen LogP contribution >= 0.6 is 0 Å². The first-order valence-corrected chi connectivity index (χ1v) is 3.60. The lowest BCUT2D eigenvalue weighted by molar-refractivity contribution is -0.147. The van der Waals surface area contributed by atoms with E-state index in [2.05, 4.69) is 0 Å². The van der Waals surface area contributed by atoms with Crippen LogP contribution in [0.2, 0.25) is 0 Å². The number of hydrogen-bond donors (Lipinski definition) is 0. The predicted octanol–water partition coefficient (Wildman–Crippen LogP) is 0.479. The fourth-order valence-corrected chi connectivity index (χ4v) is 1.55. The number of carbonyl (C=O) groups is 1. The molecule has 0 aromatic carbocycles. The van der Waals surface area contributed by atoms with Crippen LogP contribution in [0.1, 0.15) is 19.8 Å². The van der Waals surface area contributed by atoms with Crippen LogP contribution in [0.4, 0.5) is 0 Å². The lowest BCUT2D eigenvalue weighted by Gasteiger charge is -2.09. The Labute approximate surface area is 59.3 Å². The second-order valence-corrected chi connectivity index (χ2v) is 2.86. The van der Waals surface area contributed by atoms with Crippen LogP contribution in [-0.4, -0.2) is 24.3 Å². The van der Waals surface area contributed by atoms with Crippen molar-refractivity contribution in [3.8, 4) is 0 Å². The summed E-state index contributed by atoms with van der Waals surface area (Å²) in [5, 5.41) is 0. The van der Waals surface area contributed by atoms with Gasteiger partial charge in [0.15, 0.2) is 0 Å². The Morgan fingerprint density at radius 1 is 1.60 bits per heavy atom. The molecule has 0 N–H and O–H groups in total. The molecule has 3 heteroatoms. The highest BCUT2D eigenvalue weighted by molar-refractivity contribution is 5.66. The van der Waals surface area contributed by atoms with Crippen LogP contribution in [0.15, 0.2) is 0 Å². The fourth-order valence-electron chi connectivity index (χ4n) is 1.55. The van der Waals surface area contributed by atoms with Gasteiger partial charge in [-0.3, -0.25) is 4.79 Å². The van der Waals surface area contributed by atoms with Gasteiger partial charge in [-0.15, -0.1) is 0 Å². The van der Waals surface area contributed by atoms with Crippen LogP contribution in [-0.2, 0) is 14.3 Å². The van der Waals surface area contributed by atoms with E-state index in [0.717, 1.165) is 12.8 Å². The molecular formula is C7H10O3. The Morgan fingerprint density at radius 3 is 2.80 bits per heavy atom. The molecule has 1 aliphatic heterocycles. The summed E-state index contributed by atoms with van der Waals surface area (Å²) in [7, 11) is 0. The third kappa shape index (κ3) is 0.904. The van der Waals surface area contributed by atoms with Crippen molar-refractivity contribution >= 4 is 5.97 Å². The smallest absolute Gasteiger partial charge is 0.302 e. The minimum Gasteiger partial charge on any atom is -0.460 e. The highest BCUT2D eigenvalue weighted by Gasteiger charge is 2.51. The summed E-state index contributed by atoms with van der Waals surface area (Å²) in [4.78, 5) is 10.5. The maximum Gasteiger partial charge on any atom is 0.302 e. The van der Waals surface area contributed by atoms with Crippen molar-refractivity contribution in [2.24, 2.45) is 0 Å². The van der Waals surface area contributed by atoms with Gasteiger partial charge in [-0.2, -0.15) is 0 Å². The zero-order valence-corrected chi connectivity index (χ0v) is 5.87. The molecule has 0 aromatic heterocycles. The highest BCUT2D eigenvalue weighted by Crippen LogP contribution is 2.40. The number of fused-ring (bicyclic) bond motifs is 1. The molecule has 0 amide bonds. The van der Waals surface area contributed by atoms with E-state index in [4.69, 9.17) is 9.47 Å². The maximum absolute atomic E-state index is 10.5. The first-order chi connectivity index (χ1) is 4.77. The Morgan fingerprint density at radius 2 is 2.40 bits per heavy atom. The topological polar surface area (TPSA) is 38.8 Å². The summed E-state index contributed by atoms with van der Waals surface area (Å²) in [5.41, 5.74) is 0. The van der Waals surface area contributed by atoms with Gasteiger partial charge >= 0.3 is 5.97 Å². The molecule has 1 aliphatic carbocycles. The van der Waals surface area contributed by atoms with Gasteiger partial charge < -0.3 is 9.47 Å². The summed E-state index contributed by atoms with van der Waals surface area (Å²) in [6.45, 7) is 1.44. The van der Waals surface area contributed by atoms with E-state index < -0.39 is 0 Å². The van der Waals surface area contributed by atoms with Crippen molar-refractivity contribution in [1.82, 2.24) is 0 Å². The predicted molar refractivity (Wildman–Crippen MR) is 33.4 cm³/mol. The quantitative estimate of drug-likeness (QED) is 0.395. The van der Waals surface area contributed by atoms with Gasteiger partial charge in [-0.05, 0) is 12.8 Å². The molecule has 1 saturated heterocycles. The summed E-state index contributed by atoms with van der Waals surface area (Å²) in [5.74, 6) is -0.193. The monoisotopic (exact) mass is 142 g/mol. The molecule has 56 valence electrons. The summed E-state index contributed by atoms with van der Waals surface area (Å²) in [6, 6.07) is 0. The molecule has 2 aliphatic rings. The van der Waals surface area contributed by atoms with Gasteiger partial charge in [0.1, 0.15) is 12.2 Å². The van der Waals surface area contributed by atoms with E-state index in [1.54, 1.807) is 0 Å². The molecule has 2 fully saturated rings. The first kappa shape index (κ1) is 6.16. The molecule has 0 radical (unpaired) electrons. The average Bonchev–Trinajstić information content (AvgIpc) is 2.52. The minimum atomic E-state index is -0.193. The number of ether oxygens (including phenoxy) is 2. The number of epoxide rings is 1. The SMILES string of the molecule is CC(=O)O[C@H]1CC[C@@H]2O[C@H]12. The van der Waals surface area contributed by atoms with Crippen molar-refractivity contribution in [2.45, 2.75) is 38.1 Å². The Balaban J connectivity index is 1.88. The van der Waals surface area contributed by atoms with E-state index in [-0.39, 0.29) is 18.2 Å². The van der Waals surface area contributed by atoms with Crippen molar-refractivity contribution < 1.29 is 14.3 Å². The second kappa shape index (κ2) is 1.95. The van der Waals surface area contributed by atoms with Gasteiger partial charge in [-0.25, -0.2) is 0 Å². The van der Waals surface area contributed by atoms with Crippen LogP contribution < -0.4 is 0 Å². The van der Waals surface area contributed by atoms with E-state index in [0.29, 0.717) is 6.10 Å². The number of esters is 1. The molecule has 3 nitrogen and oxygen atoms in total. The van der Waals surface area contributed by atoms with Crippen LogP contribution in [0.25, 0.3) is 0 Å². The molecule has 1 heterocycles. The summed E-state index contributed by atoms with van der Waals surface area (Å²) in [6.07, 6.45) is 2.74. The van der Waals surface area contributed by atoms with Gasteiger partial charge in [0.05, 0.1) is 6.10 Å². The van der Waals surface area contributed by atoms with E-state index in [9.17, 15) is 4.79 Å². The molecule has 3 atom stereocenters. The number of hydrogen-bond acceptors (Lipinski definition) is 3. The average molecular weight is 142 g/mol. The fraction of sp³-hybridized carbons (Fsp3) is 0.857. The molecule has 2 rings (SSSR count). The molecule has 0 bridgehead atoms. The van der Waals surface area contributed by atoms with Crippen molar-refractivity contribution in [1.29, 1.82) is 0 Å². The Hall–Kier alpha value is -0.570. The number of rotatable bonds is 1. The molecule has 10 heavy (non-hydrogen) atoms. The zero-order valence-electron chi connectivity index (χ0n) is 5.87. The second-order valence-electron chi connectivity index (χ2n) is 2.86.